The van der Waals surface area contributed by atoms with Crippen molar-refractivity contribution in [3.05, 3.63) is 5.56 Å². The van der Waals surface area contributed by atoms with E-state index < -0.39 is 5.91 Å². The minimum Gasteiger partial charge on any atom is -0.365 e. The normalized spacial score (nSPS) is 18.5. The number of anilines is 1. The molecule has 0 radical (unpaired) electrons. The Labute approximate surface area is 119 Å². The summed E-state index contributed by atoms with van der Waals surface area (Å²) in [5.41, 5.74) is 5.66. The maximum absolute atomic E-state index is 12.1. The molecule has 1 aromatic heterocycles. The molecule has 19 heavy (non-hydrogen) atoms. The minimum absolute atomic E-state index is 0.0478. The average Bonchev–Trinajstić information content (AvgIpc) is 2.97. The van der Waals surface area contributed by atoms with Gasteiger partial charge in [0.2, 0.25) is 5.91 Å². The van der Waals surface area contributed by atoms with Crippen LogP contribution in [0.2, 0.25) is 0 Å². The number of thioether (sulfide) groups is 2. The van der Waals surface area contributed by atoms with E-state index in [1.807, 2.05) is 6.26 Å². The van der Waals surface area contributed by atoms with Crippen LogP contribution in [0.3, 0.4) is 0 Å². The molecule has 0 bridgehead atoms. The van der Waals surface area contributed by atoms with Crippen LogP contribution >= 0.6 is 23.5 Å². The molecule has 2 heterocycles. The van der Waals surface area contributed by atoms with E-state index in [2.05, 4.69) is 10.4 Å². The second kappa shape index (κ2) is 5.87. The second-order valence-electron chi connectivity index (χ2n) is 4.21. The van der Waals surface area contributed by atoms with Crippen molar-refractivity contribution in [1.29, 1.82) is 0 Å². The van der Waals surface area contributed by atoms with Gasteiger partial charge < -0.3 is 11.1 Å². The molecule has 1 aromatic rings. The SMILES string of the molecule is CSc1nn(C)c(NC(=O)C2CCCS2)c1C(N)=O. The summed E-state index contributed by atoms with van der Waals surface area (Å²) < 4.78 is 1.49. The van der Waals surface area contributed by atoms with Crippen LogP contribution in [-0.4, -0.2) is 38.9 Å². The highest BCUT2D eigenvalue weighted by atomic mass is 32.2. The van der Waals surface area contributed by atoms with Gasteiger partial charge in [-0.25, -0.2) is 0 Å². The molecule has 1 aliphatic rings. The first kappa shape index (κ1) is 14.3. The molecule has 1 atom stereocenters. The molecular weight excluding hydrogens is 284 g/mol. The van der Waals surface area contributed by atoms with Crippen molar-refractivity contribution in [2.45, 2.75) is 23.1 Å². The zero-order valence-electron chi connectivity index (χ0n) is 10.8. The number of nitrogens with zero attached hydrogens (tertiary/aromatic N) is 2. The Hall–Kier alpha value is -1.15. The van der Waals surface area contributed by atoms with E-state index in [1.54, 1.807) is 18.8 Å². The van der Waals surface area contributed by atoms with Crippen LogP contribution < -0.4 is 11.1 Å². The highest BCUT2D eigenvalue weighted by Gasteiger charge is 2.27. The van der Waals surface area contributed by atoms with Crippen LogP contribution in [0.25, 0.3) is 0 Å². The number of hydrogen-bond acceptors (Lipinski definition) is 5. The lowest BCUT2D eigenvalue weighted by molar-refractivity contribution is -0.115. The summed E-state index contributed by atoms with van der Waals surface area (Å²) in [4.78, 5) is 23.6. The van der Waals surface area contributed by atoms with E-state index in [4.69, 9.17) is 5.73 Å². The Balaban J connectivity index is 2.26. The van der Waals surface area contributed by atoms with E-state index in [0.29, 0.717) is 10.8 Å². The molecule has 0 aromatic carbocycles. The van der Waals surface area contributed by atoms with Gasteiger partial charge in [-0.3, -0.25) is 14.3 Å². The summed E-state index contributed by atoms with van der Waals surface area (Å²) in [6.45, 7) is 0. The van der Waals surface area contributed by atoms with Gasteiger partial charge in [0.15, 0.2) is 0 Å². The topological polar surface area (TPSA) is 90.0 Å². The maximum Gasteiger partial charge on any atom is 0.255 e. The van der Waals surface area contributed by atoms with E-state index in [1.165, 1.54) is 16.4 Å². The number of rotatable bonds is 4. The third kappa shape index (κ3) is 2.89. The van der Waals surface area contributed by atoms with E-state index in [0.717, 1.165) is 18.6 Å². The van der Waals surface area contributed by atoms with E-state index in [9.17, 15) is 9.59 Å². The molecule has 2 amide bonds. The number of carbonyl (C=O) groups is 2. The number of hydrogen-bond donors (Lipinski definition) is 2. The molecule has 1 aliphatic heterocycles. The molecule has 0 saturated carbocycles. The standard InChI is InChI=1S/C11H16N4O2S2/c1-15-9(7(8(12)16)11(14-15)18-2)13-10(17)6-4-3-5-19-6/h6H,3-5H2,1-2H3,(H2,12,16)(H,13,17). The van der Waals surface area contributed by atoms with Crippen molar-refractivity contribution in [3.8, 4) is 0 Å². The summed E-state index contributed by atoms with van der Waals surface area (Å²) in [6.07, 6.45) is 3.73. The number of nitrogens with two attached hydrogens (primary N) is 1. The Morgan fingerprint density at radius 1 is 1.58 bits per heavy atom. The van der Waals surface area contributed by atoms with Gasteiger partial charge in [-0.1, -0.05) is 0 Å². The Bertz CT molecular complexity index is 509. The fourth-order valence-electron chi connectivity index (χ4n) is 1.99. The minimum atomic E-state index is -0.577. The van der Waals surface area contributed by atoms with Gasteiger partial charge in [-0.15, -0.1) is 23.5 Å². The molecule has 2 rings (SSSR count). The molecule has 0 aliphatic carbocycles. The highest BCUT2D eigenvalue weighted by molar-refractivity contribution is 8.00. The Morgan fingerprint density at radius 3 is 2.84 bits per heavy atom. The van der Waals surface area contributed by atoms with Gasteiger partial charge >= 0.3 is 0 Å². The van der Waals surface area contributed by atoms with Crippen molar-refractivity contribution >= 4 is 41.2 Å². The molecule has 3 N–H and O–H groups in total. The molecule has 8 heteroatoms. The number of nitrogens with one attached hydrogen (secondary N) is 1. The molecule has 1 unspecified atom stereocenters. The largest absolute Gasteiger partial charge is 0.365 e. The van der Waals surface area contributed by atoms with Crippen molar-refractivity contribution in [3.63, 3.8) is 0 Å². The van der Waals surface area contributed by atoms with Gasteiger partial charge in [-0.05, 0) is 24.9 Å². The van der Waals surface area contributed by atoms with Crippen LogP contribution in [0.15, 0.2) is 5.03 Å². The number of aromatic nitrogens is 2. The fraction of sp³-hybridized carbons (Fsp3) is 0.545. The maximum atomic E-state index is 12.1. The predicted molar refractivity (Wildman–Crippen MR) is 77.6 cm³/mol. The van der Waals surface area contributed by atoms with Gasteiger partial charge in [0, 0.05) is 7.05 Å². The van der Waals surface area contributed by atoms with Gasteiger partial charge in [-0.2, -0.15) is 5.10 Å². The Morgan fingerprint density at radius 2 is 2.32 bits per heavy atom. The third-order valence-corrected chi connectivity index (χ3v) is 4.97. The molecular formula is C11H16N4O2S2. The molecule has 1 saturated heterocycles. The molecule has 104 valence electrons. The van der Waals surface area contributed by atoms with Gasteiger partial charge in [0.05, 0.1) is 5.25 Å². The lowest BCUT2D eigenvalue weighted by Crippen LogP contribution is -2.26. The highest BCUT2D eigenvalue weighted by Crippen LogP contribution is 2.29. The smallest absolute Gasteiger partial charge is 0.255 e. The lowest BCUT2D eigenvalue weighted by Gasteiger charge is -2.11. The zero-order chi connectivity index (χ0) is 14.0. The monoisotopic (exact) mass is 300 g/mol. The predicted octanol–water partition coefficient (Wildman–Crippen LogP) is 1.07. The van der Waals surface area contributed by atoms with Crippen LogP contribution in [0.4, 0.5) is 5.82 Å². The van der Waals surface area contributed by atoms with Crippen molar-refractivity contribution in [2.24, 2.45) is 12.8 Å². The van der Waals surface area contributed by atoms with E-state index >= 15 is 0 Å². The van der Waals surface area contributed by atoms with Gasteiger partial charge in [0.1, 0.15) is 16.4 Å². The molecule has 1 fully saturated rings. The van der Waals surface area contributed by atoms with Crippen molar-refractivity contribution < 1.29 is 9.59 Å². The van der Waals surface area contributed by atoms with Crippen LogP contribution in [-0.2, 0) is 11.8 Å². The van der Waals surface area contributed by atoms with Crippen LogP contribution in [0.5, 0.6) is 0 Å². The number of carbonyl (C=O) groups excluding carboxylic acids is 2. The van der Waals surface area contributed by atoms with Crippen molar-refractivity contribution in [2.75, 3.05) is 17.3 Å². The molecule has 0 spiro atoms. The van der Waals surface area contributed by atoms with Crippen LogP contribution in [0, 0.1) is 0 Å². The number of aryl methyl sites for hydroxylation is 1. The average molecular weight is 300 g/mol. The van der Waals surface area contributed by atoms with Gasteiger partial charge in [0.25, 0.3) is 5.91 Å². The lowest BCUT2D eigenvalue weighted by atomic mass is 10.2. The molecule has 6 nitrogen and oxygen atoms in total. The summed E-state index contributed by atoms with van der Waals surface area (Å²) in [7, 11) is 1.68. The third-order valence-electron chi connectivity index (χ3n) is 2.92. The first-order valence-electron chi connectivity index (χ1n) is 5.88. The van der Waals surface area contributed by atoms with Crippen molar-refractivity contribution in [1.82, 2.24) is 9.78 Å². The zero-order valence-corrected chi connectivity index (χ0v) is 12.4. The quantitative estimate of drug-likeness (QED) is 0.812. The Kier molecular flexibility index (Phi) is 4.41. The summed E-state index contributed by atoms with van der Waals surface area (Å²) in [5.74, 6) is 0.726. The fourth-order valence-corrected chi connectivity index (χ4v) is 3.76. The first-order chi connectivity index (χ1) is 9.04. The summed E-state index contributed by atoms with van der Waals surface area (Å²) in [6, 6.07) is 0. The van der Waals surface area contributed by atoms with E-state index in [-0.39, 0.29) is 16.7 Å². The van der Waals surface area contributed by atoms with Crippen LogP contribution in [0.1, 0.15) is 23.2 Å². The summed E-state index contributed by atoms with van der Waals surface area (Å²) >= 11 is 2.97. The summed E-state index contributed by atoms with van der Waals surface area (Å²) in [5, 5.41) is 7.45. The first-order valence-corrected chi connectivity index (χ1v) is 8.15. The number of primary amides is 1. The second-order valence-corrected chi connectivity index (χ2v) is 6.32. The number of amides is 2.